The Hall–Kier alpha value is -3.92. The van der Waals surface area contributed by atoms with Gasteiger partial charge in [0.05, 0.1) is 25.1 Å². The third kappa shape index (κ3) is 7.62. The molecule has 0 unspecified atom stereocenters. The molecule has 3 rings (SSSR count). The zero-order valence-corrected chi connectivity index (χ0v) is 18.2. The van der Waals surface area contributed by atoms with Gasteiger partial charge in [-0.05, 0) is 54.8 Å². The van der Waals surface area contributed by atoms with Crippen molar-refractivity contribution in [3.05, 3.63) is 54.1 Å². The van der Waals surface area contributed by atoms with Gasteiger partial charge in [-0.2, -0.15) is 5.10 Å². The van der Waals surface area contributed by atoms with Gasteiger partial charge in [0.15, 0.2) is 6.61 Å². The molecule has 1 saturated heterocycles. The second-order valence-corrected chi connectivity index (χ2v) is 7.15. The molecule has 10 nitrogen and oxygen atoms in total. The molecule has 1 atom stereocenters. The summed E-state index contributed by atoms with van der Waals surface area (Å²) in [4.78, 5) is 35.8. The molecule has 0 saturated carbocycles. The second-order valence-electron chi connectivity index (χ2n) is 7.15. The molecular weight excluding hydrogens is 428 g/mol. The van der Waals surface area contributed by atoms with Gasteiger partial charge in [-0.15, -0.1) is 0 Å². The molecule has 0 bridgehead atoms. The number of anilines is 1. The number of benzene rings is 2. The van der Waals surface area contributed by atoms with Crippen LogP contribution in [0.3, 0.4) is 0 Å². The molecule has 2 aromatic rings. The van der Waals surface area contributed by atoms with Crippen molar-refractivity contribution in [2.45, 2.75) is 18.9 Å². The molecule has 3 N–H and O–H groups in total. The van der Waals surface area contributed by atoms with E-state index in [0.717, 1.165) is 19.4 Å². The van der Waals surface area contributed by atoms with Crippen molar-refractivity contribution in [2.75, 3.05) is 32.2 Å². The van der Waals surface area contributed by atoms with Crippen LogP contribution in [0.25, 0.3) is 0 Å². The molecular formula is C23H26N4O6. The van der Waals surface area contributed by atoms with Crippen molar-refractivity contribution in [1.82, 2.24) is 10.7 Å². The predicted molar refractivity (Wildman–Crippen MR) is 121 cm³/mol. The molecule has 2 aromatic carbocycles. The minimum atomic E-state index is -0.925. The molecule has 0 spiro atoms. The Kier molecular flexibility index (Phi) is 8.78. The van der Waals surface area contributed by atoms with E-state index in [1.54, 1.807) is 48.5 Å². The van der Waals surface area contributed by atoms with Crippen LogP contribution < -0.4 is 25.5 Å². The zero-order valence-electron chi connectivity index (χ0n) is 18.2. The van der Waals surface area contributed by atoms with Crippen molar-refractivity contribution in [1.29, 1.82) is 0 Å². The molecule has 1 aliphatic heterocycles. The van der Waals surface area contributed by atoms with E-state index in [-0.39, 0.29) is 18.6 Å². The number of nitrogens with one attached hydrogen (secondary N) is 3. The monoisotopic (exact) mass is 454 g/mol. The van der Waals surface area contributed by atoms with Gasteiger partial charge in [0, 0.05) is 13.2 Å². The van der Waals surface area contributed by atoms with Gasteiger partial charge in [0.25, 0.3) is 5.91 Å². The Bertz CT molecular complexity index is 987. The summed E-state index contributed by atoms with van der Waals surface area (Å²) >= 11 is 0. The highest BCUT2D eigenvalue weighted by atomic mass is 16.5. The Balaban J connectivity index is 1.39. The van der Waals surface area contributed by atoms with Gasteiger partial charge >= 0.3 is 11.8 Å². The SMILES string of the molecule is COc1ccccc1NC(=O)C(=O)N/N=C\c1ccc(OCC(=O)NC[C@H]2CCCO2)cc1. The average molecular weight is 454 g/mol. The van der Waals surface area contributed by atoms with Crippen molar-refractivity contribution >= 4 is 29.6 Å². The van der Waals surface area contributed by atoms with Crippen LogP contribution in [0.5, 0.6) is 11.5 Å². The topological polar surface area (TPSA) is 127 Å². The Morgan fingerprint density at radius 3 is 2.64 bits per heavy atom. The van der Waals surface area contributed by atoms with E-state index in [9.17, 15) is 14.4 Å². The van der Waals surface area contributed by atoms with E-state index in [2.05, 4.69) is 21.2 Å². The van der Waals surface area contributed by atoms with Crippen LogP contribution in [0.4, 0.5) is 5.69 Å². The maximum atomic E-state index is 12.0. The van der Waals surface area contributed by atoms with Gasteiger partial charge in [-0.1, -0.05) is 12.1 Å². The Morgan fingerprint density at radius 1 is 1.12 bits per heavy atom. The van der Waals surface area contributed by atoms with E-state index in [1.165, 1.54) is 13.3 Å². The fraction of sp³-hybridized carbons (Fsp3) is 0.304. The lowest BCUT2D eigenvalue weighted by molar-refractivity contribution is -0.136. The first-order valence-electron chi connectivity index (χ1n) is 10.4. The third-order valence-electron chi connectivity index (χ3n) is 4.74. The number of methoxy groups -OCH3 is 1. The maximum absolute atomic E-state index is 12.0. The van der Waals surface area contributed by atoms with Crippen LogP contribution in [0, 0.1) is 0 Å². The number of carbonyl (C=O) groups is 3. The normalized spacial score (nSPS) is 15.1. The number of amides is 3. The van der Waals surface area contributed by atoms with Gasteiger partial charge in [-0.25, -0.2) is 5.43 Å². The van der Waals surface area contributed by atoms with Crippen LogP contribution in [-0.2, 0) is 19.1 Å². The molecule has 33 heavy (non-hydrogen) atoms. The quantitative estimate of drug-likeness (QED) is 0.299. The van der Waals surface area contributed by atoms with Crippen molar-refractivity contribution < 1.29 is 28.6 Å². The fourth-order valence-corrected chi connectivity index (χ4v) is 3.03. The average Bonchev–Trinajstić information content (AvgIpc) is 3.36. The van der Waals surface area contributed by atoms with Crippen LogP contribution in [0.1, 0.15) is 18.4 Å². The van der Waals surface area contributed by atoms with Gasteiger partial charge in [0.2, 0.25) is 0 Å². The largest absolute Gasteiger partial charge is 0.495 e. The molecule has 1 fully saturated rings. The third-order valence-corrected chi connectivity index (χ3v) is 4.74. The lowest BCUT2D eigenvalue weighted by atomic mass is 10.2. The number of nitrogens with zero attached hydrogens (tertiary/aromatic N) is 1. The van der Waals surface area contributed by atoms with Crippen LogP contribution in [0.15, 0.2) is 53.6 Å². The summed E-state index contributed by atoms with van der Waals surface area (Å²) < 4.78 is 16.0. The van der Waals surface area contributed by atoms with E-state index in [0.29, 0.717) is 29.3 Å². The smallest absolute Gasteiger partial charge is 0.329 e. The minimum absolute atomic E-state index is 0.0836. The number of carbonyl (C=O) groups excluding carboxylic acids is 3. The predicted octanol–water partition coefficient (Wildman–Crippen LogP) is 1.46. The number of ether oxygens (including phenoxy) is 3. The molecule has 1 aliphatic rings. The number of hydrazone groups is 1. The first-order chi connectivity index (χ1) is 16.0. The van der Waals surface area contributed by atoms with Gasteiger partial charge in [-0.3, -0.25) is 14.4 Å². The standard InChI is InChI=1S/C23H26N4O6/c1-31-20-7-3-2-6-19(20)26-22(29)23(30)27-25-13-16-8-10-17(11-9-16)33-15-21(28)24-14-18-5-4-12-32-18/h2-3,6-11,13,18H,4-5,12,14-15H2,1H3,(H,24,28)(H,26,29)(H,27,30)/b25-13-/t18-/m1/s1. The lowest BCUT2D eigenvalue weighted by Crippen LogP contribution is -2.35. The minimum Gasteiger partial charge on any atom is -0.495 e. The van der Waals surface area contributed by atoms with Crippen molar-refractivity contribution in [2.24, 2.45) is 5.10 Å². The number of rotatable bonds is 9. The summed E-state index contributed by atoms with van der Waals surface area (Å²) in [5.74, 6) is -1.07. The Morgan fingerprint density at radius 2 is 1.91 bits per heavy atom. The van der Waals surface area contributed by atoms with Crippen molar-refractivity contribution in [3.63, 3.8) is 0 Å². The first kappa shape index (κ1) is 23.7. The number of hydrogen-bond acceptors (Lipinski definition) is 7. The fourth-order valence-electron chi connectivity index (χ4n) is 3.03. The summed E-state index contributed by atoms with van der Waals surface area (Å²) in [6.45, 7) is 1.13. The van der Waals surface area contributed by atoms with Crippen LogP contribution in [-0.4, -0.2) is 56.9 Å². The first-order valence-corrected chi connectivity index (χ1v) is 10.4. The van der Waals surface area contributed by atoms with Crippen LogP contribution in [0.2, 0.25) is 0 Å². The number of para-hydroxylation sites is 2. The molecule has 0 aromatic heterocycles. The highest BCUT2D eigenvalue weighted by Gasteiger charge is 2.16. The van der Waals surface area contributed by atoms with E-state index < -0.39 is 11.8 Å². The molecule has 10 heteroatoms. The summed E-state index contributed by atoms with van der Waals surface area (Å²) in [6.07, 6.45) is 3.44. The molecule has 174 valence electrons. The zero-order chi connectivity index (χ0) is 23.5. The summed E-state index contributed by atoms with van der Waals surface area (Å²) in [5.41, 5.74) is 3.20. The maximum Gasteiger partial charge on any atom is 0.329 e. The van der Waals surface area contributed by atoms with E-state index in [4.69, 9.17) is 14.2 Å². The Labute approximate surface area is 191 Å². The van der Waals surface area contributed by atoms with E-state index in [1.807, 2.05) is 0 Å². The highest BCUT2D eigenvalue weighted by molar-refractivity contribution is 6.39. The van der Waals surface area contributed by atoms with E-state index >= 15 is 0 Å². The molecule has 1 heterocycles. The van der Waals surface area contributed by atoms with Crippen LogP contribution >= 0.6 is 0 Å². The van der Waals surface area contributed by atoms with Gasteiger partial charge in [0.1, 0.15) is 11.5 Å². The molecule has 3 amide bonds. The molecule has 0 radical (unpaired) electrons. The lowest BCUT2D eigenvalue weighted by Gasteiger charge is -2.11. The molecule has 0 aliphatic carbocycles. The van der Waals surface area contributed by atoms with Gasteiger partial charge < -0.3 is 24.8 Å². The summed E-state index contributed by atoms with van der Waals surface area (Å²) in [5, 5.41) is 9.02. The summed E-state index contributed by atoms with van der Waals surface area (Å²) in [6, 6.07) is 13.5. The second kappa shape index (κ2) is 12.2. The summed E-state index contributed by atoms with van der Waals surface area (Å²) in [7, 11) is 1.47. The number of hydrogen-bond donors (Lipinski definition) is 3. The van der Waals surface area contributed by atoms with Crippen molar-refractivity contribution in [3.8, 4) is 11.5 Å². The highest BCUT2D eigenvalue weighted by Crippen LogP contribution is 2.22.